The molecule has 19 heavy (non-hydrogen) atoms. The first-order valence-electron chi connectivity index (χ1n) is 5.91. The van der Waals surface area contributed by atoms with Gasteiger partial charge in [-0.05, 0) is 12.1 Å². The molecule has 0 saturated carbocycles. The molecule has 0 aliphatic heterocycles. The van der Waals surface area contributed by atoms with Crippen molar-refractivity contribution >= 4 is 16.6 Å². The topological polar surface area (TPSA) is 61.9 Å². The smallest absolute Gasteiger partial charge is 0.103 e. The van der Waals surface area contributed by atoms with Crippen molar-refractivity contribution in [3.05, 3.63) is 60.2 Å². The maximum absolute atomic E-state index is 9.19. The number of pyridine rings is 1. The van der Waals surface area contributed by atoms with Crippen LogP contribution in [0.3, 0.4) is 0 Å². The van der Waals surface area contributed by atoms with Gasteiger partial charge in [0.15, 0.2) is 0 Å². The molecule has 0 saturated heterocycles. The predicted octanol–water partition coefficient (Wildman–Crippen LogP) is 3.31. The summed E-state index contributed by atoms with van der Waals surface area (Å²) >= 11 is 0. The highest BCUT2D eigenvalue weighted by molar-refractivity contribution is 5.93. The summed E-state index contributed by atoms with van der Waals surface area (Å²) in [6, 6.07) is 11.8. The van der Waals surface area contributed by atoms with E-state index in [9.17, 15) is 5.26 Å². The lowest BCUT2D eigenvalue weighted by atomic mass is 10.1. The van der Waals surface area contributed by atoms with E-state index >= 15 is 0 Å². The summed E-state index contributed by atoms with van der Waals surface area (Å²) in [5.41, 5.74) is 3.26. The number of benzene rings is 1. The minimum absolute atomic E-state index is 0.544. The van der Waals surface area contributed by atoms with Crippen LogP contribution in [0, 0.1) is 11.3 Å². The zero-order valence-electron chi connectivity index (χ0n) is 10.1. The summed E-state index contributed by atoms with van der Waals surface area (Å²) in [6.07, 6.45) is 4.91. The molecule has 0 radical (unpaired) electrons. The van der Waals surface area contributed by atoms with E-state index in [2.05, 4.69) is 16.4 Å². The van der Waals surface area contributed by atoms with Crippen LogP contribution in [0.5, 0.6) is 0 Å². The number of nitriles is 1. The van der Waals surface area contributed by atoms with Gasteiger partial charge in [-0.3, -0.25) is 4.98 Å². The molecule has 0 bridgehead atoms. The number of para-hydroxylation sites is 1. The molecule has 4 nitrogen and oxygen atoms in total. The Morgan fingerprint density at radius 1 is 1.26 bits per heavy atom. The van der Waals surface area contributed by atoms with E-state index in [1.165, 1.54) is 0 Å². The average molecular weight is 249 g/mol. The first kappa shape index (κ1) is 11.3. The van der Waals surface area contributed by atoms with Crippen LogP contribution in [0.25, 0.3) is 10.9 Å². The molecule has 0 unspecified atom stereocenters. The van der Waals surface area contributed by atoms with Gasteiger partial charge < -0.3 is 9.73 Å². The van der Waals surface area contributed by atoms with Crippen molar-refractivity contribution in [1.29, 1.82) is 5.26 Å². The highest BCUT2D eigenvalue weighted by Crippen LogP contribution is 2.25. The Labute approximate surface area is 110 Å². The second-order valence-electron chi connectivity index (χ2n) is 4.16. The Bertz CT molecular complexity index is 742. The lowest BCUT2D eigenvalue weighted by Gasteiger charge is -2.10. The molecule has 1 aromatic carbocycles. The van der Waals surface area contributed by atoms with Crippen LogP contribution in [-0.2, 0) is 6.54 Å². The van der Waals surface area contributed by atoms with E-state index in [1.807, 2.05) is 30.3 Å². The van der Waals surface area contributed by atoms with E-state index in [0.29, 0.717) is 12.1 Å². The third kappa shape index (κ3) is 2.14. The monoisotopic (exact) mass is 249 g/mol. The second kappa shape index (κ2) is 4.83. The van der Waals surface area contributed by atoms with E-state index in [1.54, 1.807) is 18.7 Å². The van der Waals surface area contributed by atoms with Crippen molar-refractivity contribution in [2.75, 3.05) is 5.32 Å². The molecule has 0 aliphatic carbocycles. The molecule has 1 N–H and O–H groups in total. The third-order valence-electron chi connectivity index (χ3n) is 2.95. The fraction of sp³-hybridized carbons (Fsp3) is 0.0667. The molecule has 92 valence electrons. The van der Waals surface area contributed by atoms with Gasteiger partial charge in [0.1, 0.15) is 6.07 Å². The molecule has 0 spiro atoms. The maximum atomic E-state index is 9.19. The number of nitrogens with one attached hydrogen (secondary N) is 1. The molecule has 4 heteroatoms. The summed E-state index contributed by atoms with van der Waals surface area (Å²) in [6.45, 7) is 0.610. The molecule has 3 aromatic rings. The van der Waals surface area contributed by atoms with Gasteiger partial charge in [0.2, 0.25) is 0 Å². The highest BCUT2D eigenvalue weighted by Gasteiger charge is 2.08. The normalized spacial score (nSPS) is 10.3. The number of hydrogen-bond donors (Lipinski definition) is 1. The summed E-state index contributed by atoms with van der Waals surface area (Å²) in [5, 5.41) is 13.4. The average Bonchev–Trinajstić information content (AvgIpc) is 2.97. The van der Waals surface area contributed by atoms with E-state index in [4.69, 9.17) is 4.42 Å². The van der Waals surface area contributed by atoms with Gasteiger partial charge in [0.25, 0.3) is 0 Å². The maximum Gasteiger partial charge on any atom is 0.103 e. The van der Waals surface area contributed by atoms with Crippen molar-refractivity contribution in [3.8, 4) is 6.07 Å². The molecule has 3 rings (SSSR count). The van der Waals surface area contributed by atoms with Crippen molar-refractivity contribution in [2.45, 2.75) is 6.54 Å². The predicted molar refractivity (Wildman–Crippen MR) is 72.5 cm³/mol. The Morgan fingerprint density at radius 2 is 2.16 bits per heavy atom. The Hall–Kier alpha value is -2.80. The summed E-state index contributed by atoms with van der Waals surface area (Å²) in [5.74, 6) is 0. The van der Waals surface area contributed by atoms with Crippen molar-refractivity contribution in [3.63, 3.8) is 0 Å². The zero-order valence-corrected chi connectivity index (χ0v) is 10.1. The van der Waals surface area contributed by atoms with Gasteiger partial charge in [0.05, 0.1) is 29.3 Å². The number of rotatable bonds is 3. The van der Waals surface area contributed by atoms with Gasteiger partial charge in [-0.2, -0.15) is 5.26 Å². The lowest BCUT2D eigenvalue weighted by molar-refractivity contribution is 0.564. The molecule has 0 fully saturated rings. The van der Waals surface area contributed by atoms with Crippen LogP contribution in [0.1, 0.15) is 11.1 Å². The van der Waals surface area contributed by atoms with Crippen LogP contribution in [0.4, 0.5) is 5.69 Å². The van der Waals surface area contributed by atoms with Crippen LogP contribution in [0.15, 0.2) is 53.5 Å². The fourth-order valence-electron chi connectivity index (χ4n) is 2.00. The van der Waals surface area contributed by atoms with Crippen LogP contribution < -0.4 is 5.32 Å². The number of nitrogens with zero attached hydrogens (tertiary/aromatic N) is 2. The molecule has 0 atom stereocenters. The van der Waals surface area contributed by atoms with Crippen LogP contribution in [-0.4, -0.2) is 4.98 Å². The Morgan fingerprint density at radius 3 is 2.95 bits per heavy atom. The van der Waals surface area contributed by atoms with Gasteiger partial charge in [-0.1, -0.05) is 18.2 Å². The summed E-state index contributed by atoms with van der Waals surface area (Å²) in [7, 11) is 0. The SMILES string of the molecule is N#Cc1cnc2ccccc2c1NCc1ccoc1. The van der Waals surface area contributed by atoms with Gasteiger partial charge >= 0.3 is 0 Å². The number of fused-ring (bicyclic) bond motifs is 1. The quantitative estimate of drug-likeness (QED) is 0.773. The van der Waals surface area contributed by atoms with E-state index in [-0.39, 0.29) is 0 Å². The van der Waals surface area contributed by atoms with Gasteiger partial charge in [-0.25, -0.2) is 0 Å². The first-order chi connectivity index (χ1) is 9.38. The Balaban J connectivity index is 2.02. The van der Waals surface area contributed by atoms with Crippen molar-refractivity contribution in [2.24, 2.45) is 0 Å². The molecule has 2 aromatic heterocycles. The first-order valence-corrected chi connectivity index (χ1v) is 5.91. The number of aromatic nitrogens is 1. The van der Waals surface area contributed by atoms with Crippen molar-refractivity contribution in [1.82, 2.24) is 4.98 Å². The summed E-state index contributed by atoms with van der Waals surface area (Å²) in [4.78, 5) is 4.28. The third-order valence-corrected chi connectivity index (χ3v) is 2.95. The standard InChI is InChI=1S/C15H11N3O/c16-7-12-9-17-14-4-2-1-3-13(14)15(12)18-8-11-5-6-19-10-11/h1-6,9-10H,8H2,(H,17,18). The lowest BCUT2D eigenvalue weighted by Crippen LogP contribution is -2.02. The van der Waals surface area contributed by atoms with Crippen LogP contribution in [0.2, 0.25) is 0 Å². The fourth-order valence-corrected chi connectivity index (χ4v) is 2.00. The van der Waals surface area contributed by atoms with Crippen molar-refractivity contribution < 1.29 is 4.42 Å². The molecule has 0 amide bonds. The second-order valence-corrected chi connectivity index (χ2v) is 4.16. The molecular formula is C15H11N3O. The molecule has 0 aliphatic rings. The minimum atomic E-state index is 0.544. The number of anilines is 1. The number of furan rings is 1. The van der Waals surface area contributed by atoms with Gasteiger partial charge in [0, 0.05) is 23.7 Å². The summed E-state index contributed by atoms with van der Waals surface area (Å²) < 4.78 is 5.03. The van der Waals surface area contributed by atoms with E-state index < -0.39 is 0 Å². The number of hydrogen-bond acceptors (Lipinski definition) is 4. The Kier molecular flexibility index (Phi) is 2.87. The highest BCUT2D eigenvalue weighted by atomic mass is 16.3. The molecular weight excluding hydrogens is 238 g/mol. The minimum Gasteiger partial charge on any atom is -0.472 e. The molecule has 2 heterocycles. The van der Waals surface area contributed by atoms with Gasteiger partial charge in [-0.15, -0.1) is 0 Å². The zero-order chi connectivity index (χ0) is 13.1. The van der Waals surface area contributed by atoms with E-state index in [0.717, 1.165) is 22.2 Å². The van der Waals surface area contributed by atoms with Crippen LogP contribution >= 0.6 is 0 Å². The largest absolute Gasteiger partial charge is 0.472 e.